The lowest BCUT2D eigenvalue weighted by Crippen LogP contribution is -2.31. The molecular weight excluding hydrogens is 330 g/mol. The highest BCUT2D eigenvalue weighted by Crippen LogP contribution is 2.16. The molecule has 106 valence electrons. The quantitative estimate of drug-likeness (QED) is 0.876. The van der Waals surface area contributed by atoms with Gasteiger partial charge in [-0.15, -0.1) is 0 Å². The highest BCUT2D eigenvalue weighted by molar-refractivity contribution is 9.10. The Balaban J connectivity index is 1.94. The molecule has 0 radical (unpaired) electrons. The molecule has 0 aliphatic carbocycles. The first-order valence-corrected chi connectivity index (χ1v) is 7.21. The summed E-state index contributed by atoms with van der Waals surface area (Å²) in [5.41, 5.74) is 2.23. The smallest absolute Gasteiger partial charge is 0.319 e. The van der Waals surface area contributed by atoms with Crippen molar-refractivity contribution in [3.8, 4) is 6.07 Å². The van der Waals surface area contributed by atoms with Crippen molar-refractivity contribution >= 4 is 27.6 Å². The van der Waals surface area contributed by atoms with Gasteiger partial charge in [-0.1, -0.05) is 28.1 Å². The molecule has 2 amide bonds. The van der Waals surface area contributed by atoms with E-state index in [9.17, 15) is 4.79 Å². The molecule has 0 fully saturated rings. The van der Waals surface area contributed by atoms with Crippen molar-refractivity contribution in [2.75, 3.05) is 5.32 Å². The Morgan fingerprint density at radius 3 is 2.33 bits per heavy atom. The van der Waals surface area contributed by atoms with E-state index in [1.807, 2.05) is 37.3 Å². The number of hydrogen-bond acceptors (Lipinski definition) is 2. The van der Waals surface area contributed by atoms with E-state index in [0.717, 1.165) is 10.0 Å². The summed E-state index contributed by atoms with van der Waals surface area (Å²) < 4.78 is 1.00. The molecular formula is C16H14BrN3O. The lowest BCUT2D eigenvalue weighted by atomic mass is 10.1. The summed E-state index contributed by atoms with van der Waals surface area (Å²) in [6.45, 7) is 1.92. The molecule has 0 bridgehead atoms. The van der Waals surface area contributed by atoms with Gasteiger partial charge in [0, 0.05) is 10.2 Å². The van der Waals surface area contributed by atoms with E-state index in [1.54, 1.807) is 24.3 Å². The van der Waals surface area contributed by atoms with Gasteiger partial charge < -0.3 is 10.6 Å². The summed E-state index contributed by atoms with van der Waals surface area (Å²) in [7, 11) is 0. The number of carbonyl (C=O) groups is 1. The van der Waals surface area contributed by atoms with Crippen molar-refractivity contribution in [2.45, 2.75) is 13.0 Å². The third-order valence-corrected chi connectivity index (χ3v) is 3.52. The molecule has 2 N–H and O–H groups in total. The van der Waals surface area contributed by atoms with Gasteiger partial charge in [0.05, 0.1) is 17.7 Å². The molecule has 2 aromatic carbocycles. The van der Waals surface area contributed by atoms with Crippen LogP contribution in [0.2, 0.25) is 0 Å². The van der Waals surface area contributed by atoms with Crippen LogP contribution in [-0.2, 0) is 0 Å². The molecule has 1 atom stereocenters. The number of rotatable bonds is 3. The predicted octanol–water partition coefficient (Wildman–Crippen LogP) is 4.20. The highest BCUT2D eigenvalue weighted by atomic mass is 79.9. The number of urea groups is 1. The topological polar surface area (TPSA) is 64.9 Å². The minimum Gasteiger partial charge on any atom is -0.331 e. The normalized spacial score (nSPS) is 11.3. The third-order valence-electron chi connectivity index (χ3n) is 2.99. The van der Waals surface area contributed by atoms with Gasteiger partial charge in [0.25, 0.3) is 0 Å². The zero-order valence-corrected chi connectivity index (χ0v) is 13.0. The Morgan fingerprint density at radius 1 is 1.14 bits per heavy atom. The van der Waals surface area contributed by atoms with Crippen LogP contribution in [0.25, 0.3) is 0 Å². The van der Waals surface area contributed by atoms with E-state index in [-0.39, 0.29) is 12.1 Å². The van der Waals surface area contributed by atoms with Crippen LogP contribution in [0, 0.1) is 11.3 Å². The molecule has 5 heteroatoms. The van der Waals surface area contributed by atoms with Crippen LogP contribution in [0.5, 0.6) is 0 Å². The predicted molar refractivity (Wildman–Crippen MR) is 85.9 cm³/mol. The molecule has 0 aliphatic rings. The van der Waals surface area contributed by atoms with E-state index >= 15 is 0 Å². The molecule has 0 aliphatic heterocycles. The summed E-state index contributed by atoms with van der Waals surface area (Å²) in [5.74, 6) is 0. The number of hydrogen-bond donors (Lipinski definition) is 2. The van der Waals surface area contributed by atoms with E-state index in [0.29, 0.717) is 11.3 Å². The molecule has 0 heterocycles. The van der Waals surface area contributed by atoms with Crippen molar-refractivity contribution in [3.63, 3.8) is 0 Å². The maximum absolute atomic E-state index is 11.9. The maximum atomic E-state index is 11.9. The van der Waals surface area contributed by atoms with Gasteiger partial charge in [0.1, 0.15) is 0 Å². The minimum absolute atomic E-state index is 0.100. The number of nitrogens with zero attached hydrogens (tertiary/aromatic N) is 1. The minimum atomic E-state index is -0.282. The van der Waals surface area contributed by atoms with Gasteiger partial charge in [0.2, 0.25) is 0 Å². The number of amides is 2. The average Bonchev–Trinajstić information content (AvgIpc) is 2.48. The van der Waals surface area contributed by atoms with Crippen LogP contribution >= 0.6 is 15.9 Å². The fourth-order valence-electron chi connectivity index (χ4n) is 1.83. The van der Waals surface area contributed by atoms with E-state index in [2.05, 4.69) is 26.6 Å². The van der Waals surface area contributed by atoms with E-state index in [1.165, 1.54) is 0 Å². The SMILES string of the molecule is CC(NC(=O)Nc1ccc(C#N)cc1)c1ccc(Br)cc1. The molecule has 0 saturated heterocycles. The fourth-order valence-corrected chi connectivity index (χ4v) is 2.09. The standard InChI is InChI=1S/C16H14BrN3O/c1-11(13-4-6-14(17)7-5-13)19-16(21)20-15-8-2-12(10-18)3-9-15/h2-9,11H,1H3,(H2,19,20,21). The number of nitrogens with one attached hydrogen (secondary N) is 2. The van der Waals surface area contributed by atoms with Crippen molar-refractivity contribution in [1.82, 2.24) is 5.32 Å². The molecule has 2 aromatic rings. The third kappa shape index (κ3) is 4.33. The second-order valence-electron chi connectivity index (χ2n) is 4.56. The van der Waals surface area contributed by atoms with Gasteiger partial charge >= 0.3 is 6.03 Å². The van der Waals surface area contributed by atoms with Crippen molar-refractivity contribution in [3.05, 3.63) is 64.1 Å². The Morgan fingerprint density at radius 2 is 1.76 bits per heavy atom. The van der Waals surface area contributed by atoms with Crippen LogP contribution in [0.3, 0.4) is 0 Å². The van der Waals surface area contributed by atoms with E-state index in [4.69, 9.17) is 5.26 Å². The van der Waals surface area contributed by atoms with Gasteiger partial charge in [0.15, 0.2) is 0 Å². The first-order chi connectivity index (χ1) is 10.1. The number of carbonyl (C=O) groups excluding carboxylic acids is 1. The zero-order valence-electron chi connectivity index (χ0n) is 11.4. The Bertz CT molecular complexity index is 659. The summed E-state index contributed by atoms with van der Waals surface area (Å²) in [5, 5.41) is 14.3. The largest absolute Gasteiger partial charge is 0.331 e. The van der Waals surface area contributed by atoms with Gasteiger partial charge in [-0.2, -0.15) is 5.26 Å². The molecule has 4 nitrogen and oxygen atoms in total. The van der Waals surface area contributed by atoms with E-state index < -0.39 is 0 Å². The average molecular weight is 344 g/mol. The molecule has 21 heavy (non-hydrogen) atoms. The van der Waals surface area contributed by atoms with Crippen LogP contribution < -0.4 is 10.6 Å². The van der Waals surface area contributed by atoms with Crippen LogP contribution in [0.15, 0.2) is 53.0 Å². The summed E-state index contributed by atoms with van der Waals surface area (Å²) in [4.78, 5) is 11.9. The fraction of sp³-hybridized carbons (Fsp3) is 0.125. The van der Waals surface area contributed by atoms with Crippen molar-refractivity contribution < 1.29 is 4.79 Å². The zero-order chi connectivity index (χ0) is 15.2. The van der Waals surface area contributed by atoms with Crippen LogP contribution in [0.4, 0.5) is 10.5 Å². The van der Waals surface area contributed by atoms with Crippen LogP contribution in [-0.4, -0.2) is 6.03 Å². The molecule has 0 saturated carbocycles. The van der Waals surface area contributed by atoms with Gasteiger partial charge in [-0.05, 0) is 48.9 Å². The maximum Gasteiger partial charge on any atom is 0.319 e. The Hall–Kier alpha value is -2.32. The number of benzene rings is 2. The number of anilines is 1. The summed E-state index contributed by atoms with van der Waals surface area (Å²) in [6, 6.07) is 16.1. The lowest BCUT2D eigenvalue weighted by molar-refractivity contribution is 0.249. The first-order valence-electron chi connectivity index (χ1n) is 6.41. The van der Waals surface area contributed by atoms with Crippen LogP contribution in [0.1, 0.15) is 24.1 Å². The number of halogens is 1. The lowest BCUT2D eigenvalue weighted by Gasteiger charge is -2.15. The summed E-state index contributed by atoms with van der Waals surface area (Å²) >= 11 is 3.38. The first kappa shape index (κ1) is 15.1. The van der Waals surface area contributed by atoms with Crippen molar-refractivity contribution in [2.24, 2.45) is 0 Å². The molecule has 0 spiro atoms. The van der Waals surface area contributed by atoms with Gasteiger partial charge in [-0.3, -0.25) is 0 Å². The second-order valence-corrected chi connectivity index (χ2v) is 5.48. The monoisotopic (exact) mass is 343 g/mol. The highest BCUT2D eigenvalue weighted by Gasteiger charge is 2.09. The Kier molecular flexibility index (Phi) is 4.96. The summed E-state index contributed by atoms with van der Waals surface area (Å²) in [6.07, 6.45) is 0. The number of nitriles is 1. The molecule has 2 rings (SSSR count). The molecule has 0 aromatic heterocycles. The van der Waals surface area contributed by atoms with Crippen molar-refractivity contribution in [1.29, 1.82) is 5.26 Å². The Labute approximate surface area is 131 Å². The second kappa shape index (κ2) is 6.91. The molecule has 1 unspecified atom stereocenters. The van der Waals surface area contributed by atoms with Gasteiger partial charge in [-0.25, -0.2) is 4.79 Å².